The Balaban J connectivity index is 1.28. The predicted molar refractivity (Wildman–Crippen MR) is 115 cm³/mol. The zero-order valence-corrected chi connectivity index (χ0v) is 17.9. The molecular formula is C23H24FN3O3S. The Morgan fingerprint density at radius 1 is 1.10 bits per heavy atom. The third-order valence-electron chi connectivity index (χ3n) is 6.54. The van der Waals surface area contributed by atoms with Gasteiger partial charge in [0.15, 0.2) is 9.84 Å². The average Bonchev–Trinajstić information content (AvgIpc) is 3.31. The highest BCUT2D eigenvalue weighted by Gasteiger charge is 2.63. The van der Waals surface area contributed by atoms with Gasteiger partial charge in [-0.3, -0.25) is 0 Å². The van der Waals surface area contributed by atoms with Gasteiger partial charge in [0.1, 0.15) is 10.6 Å². The number of hydrogen-bond donors (Lipinski definition) is 0. The topological polar surface area (TPSA) is 76.3 Å². The zero-order chi connectivity index (χ0) is 21.5. The summed E-state index contributed by atoms with van der Waals surface area (Å²) in [5.74, 6) is 0.224. The van der Waals surface area contributed by atoms with Gasteiger partial charge in [-0.2, -0.15) is 4.98 Å². The van der Waals surface area contributed by atoms with Gasteiger partial charge in [-0.25, -0.2) is 12.8 Å². The van der Waals surface area contributed by atoms with Crippen LogP contribution < -0.4 is 0 Å². The van der Waals surface area contributed by atoms with E-state index >= 15 is 0 Å². The monoisotopic (exact) mass is 441 g/mol. The van der Waals surface area contributed by atoms with Crippen LogP contribution in [0.1, 0.15) is 30.2 Å². The SMILES string of the molecule is O=S1(=O)CCC(c2nc(-c3ccc(F)cc3)no2)C12CN(CCCc1ccccc1)C2. The van der Waals surface area contributed by atoms with Crippen molar-refractivity contribution in [1.82, 2.24) is 15.0 Å². The Kier molecular flexibility index (Phi) is 5.14. The van der Waals surface area contributed by atoms with Crippen molar-refractivity contribution in [2.75, 3.05) is 25.4 Å². The van der Waals surface area contributed by atoms with Crippen LogP contribution in [0.5, 0.6) is 0 Å². The van der Waals surface area contributed by atoms with Crippen molar-refractivity contribution in [2.45, 2.75) is 29.9 Å². The molecule has 3 aromatic rings. The van der Waals surface area contributed by atoms with E-state index in [9.17, 15) is 12.8 Å². The third kappa shape index (κ3) is 3.68. The molecule has 0 radical (unpaired) electrons. The molecule has 2 aromatic carbocycles. The molecule has 2 fully saturated rings. The first-order chi connectivity index (χ1) is 15.0. The molecule has 0 N–H and O–H groups in total. The van der Waals surface area contributed by atoms with Crippen molar-refractivity contribution in [2.24, 2.45) is 0 Å². The summed E-state index contributed by atoms with van der Waals surface area (Å²) in [6.45, 7) is 1.87. The first-order valence-corrected chi connectivity index (χ1v) is 12.2. The van der Waals surface area contributed by atoms with Crippen LogP contribution in [0, 0.1) is 5.82 Å². The Morgan fingerprint density at radius 2 is 1.84 bits per heavy atom. The zero-order valence-electron chi connectivity index (χ0n) is 17.1. The van der Waals surface area contributed by atoms with Gasteiger partial charge in [0, 0.05) is 18.7 Å². The first kappa shape index (κ1) is 20.3. The van der Waals surface area contributed by atoms with E-state index in [1.807, 2.05) is 18.2 Å². The molecule has 0 amide bonds. The van der Waals surface area contributed by atoms with Crippen LogP contribution >= 0.6 is 0 Å². The Labute approximate surface area is 181 Å². The molecule has 1 aromatic heterocycles. The lowest BCUT2D eigenvalue weighted by Gasteiger charge is -2.49. The normalized spacial score (nSPS) is 21.9. The highest BCUT2D eigenvalue weighted by molar-refractivity contribution is 7.93. The maximum atomic E-state index is 13.2. The molecule has 2 aliphatic heterocycles. The molecule has 31 heavy (non-hydrogen) atoms. The van der Waals surface area contributed by atoms with Gasteiger partial charge in [0.25, 0.3) is 0 Å². The molecular weight excluding hydrogens is 417 g/mol. The second-order valence-corrected chi connectivity index (χ2v) is 10.9. The van der Waals surface area contributed by atoms with E-state index in [0.29, 0.717) is 36.8 Å². The molecule has 1 spiro atoms. The van der Waals surface area contributed by atoms with Crippen LogP contribution in [0.25, 0.3) is 11.4 Å². The number of rotatable bonds is 6. The fourth-order valence-corrected chi connectivity index (χ4v) is 7.20. The summed E-state index contributed by atoms with van der Waals surface area (Å²) >= 11 is 0. The standard InChI is InChI=1S/C23H24FN3O3S/c24-19-10-8-18(9-11-19)21-25-22(30-26-21)20-12-14-31(28,29)23(20)15-27(16-23)13-4-7-17-5-2-1-3-6-17/h1-3,5-6,8-11,20H,4,7,12-16H2. The summed E-state index contributed by atoms with van der Waals surface area (Å²) in [6, 6.07) is 16.2. The number of benzene rings is 2. The average molecular weight is 442 g/mol. The van der Waals surface area contributed by atoms with Gasteiger partial charge < -0.3 is 9.42 Å². The number of aryl methyl sites for hydroxylation is 1. The van der Waals surface area contributed by atoms with Gasteiger partial charge in [0.05, 0.1) is 11.7 Å². The molecule has 5 rings (SSSR count). The quantitative estimate of drug-likeness (QED) is 0.583. The smallest absolute Gasteiger partial charge is 0.231 e. The van der Waals surface area contributed by atoms with Gasteiger partial charge in [-0.05, 0) is 55.6 Å². The highest BCUT2D eigenvalue weighted by Crippen LogP contribution is 2.49. The van der Waals surface area contributed by atoms with E-state index in [4.69, 9.17) is 4.52 Å². The van der Waals surface area contributed by atoms with E-state index < -0.39 is 14.6 Å². The van der Waals surface area contributed by atoms with Crippen molar-refractivity contribution in [1.29, 1.82) is 0 Å². The summed E-state index contributed by atoms with van der Waals surface area (Å²) in [5, 5.41) is 4.02. The summed E-state index contributed by atoms with van der Waals surface area (Å²) in [5.41, 5.74) is 1.94. The summed E-state index contributed by atoms with van der Waals surface area (Å²) in [6.07, 6.45) is 2.45. The van der Waals surface area contributed by atoms with Crippen molar-refractivity contribution >= 4 is 9.84 Å². The lowest BCUT2D eigenvalue weighted by atomic mass is 9.83. The summed E-state index contributed by atoms with van der Waals surface area (Å²) in [4.78, 5) is 6.68. The molecule has 8 heteroatoms. The molecule has 6 nitrogen and oxygen atoms in total. The maximum Gasteiger partial charge on any atom is 0.231 e. The van der Waals surface area contributed by atoms with Crippen LogP contribution in [0.4, 0.5) is 4.39 Å². The van der Waals surface area contributed by atoms with Crippen LogP contribution in [0.3, 0.4) is 0 Å². The number of hydrogen-bond acceptors (Lipinski definition) is 6. The maximum absolute atomic E-state index is 13.2. The Bertz CT molecular complexity index is 1160. The van der Waals surface area contributed by atoms with E-state index in [1.54, 1.807) is 12.1 Å². The van der Waals surface area contributed by atoms with Gasteiger partial charge in [-0.1, -0.05) is 35.5 Å². The lowest BCUT2D eigenvalue weighted by Crippen LogP contribution is -2.66. The number of nitrogens with zero attached hydrogens (tertiary/aromatic N) is 3. The molecule has 0 bridgehead atoms. The second-order valence-electron chi connectivity index (χ2n) is 8.49. The molecule has 2 aliphatic rings. The van der Waals surface area contributed by atoms with Crippen LogP contribution in [0.15, 0.2) is 59.1 Å². The van der Waals surface area contributed by atoms with Crippen molar-refractivity contribution in [3.63, 3.8) is 0 Å². The van der Waals surface area contributed by atoms with Gasteiger partial charge in [0.2, 0.25) is 11.7 Å². The molecule has 1 atom stereocenters. The van der Waals surface area contributed by atoms with E-state index in [2.05, 4.69) is 27.2 Å². The van der Waals surface area contributed by atoms with Crippen molar-refractivity contribution in [3.05, 3.63) is 71.9 Å². The number of aromatic nitrogens is 2. The molecule has 3 heterocycles. The molecule has 0 saturated carbocycles. The van der Waals surface area contributed by atoms with Crippen LogP contribution in [-0.2, 0) is 16.3 Å². The largest absolute Gasteiger partial charge is 0.339 e. The minimum absolute atomic E-state index is 0.143. The molecule has 162 valence electrons. The highest BCUT2D eigenvalue weighted by atomic mass is 32.2. The number of likely N-dealkylation sites (tertiary alicyclic amines) is 1. The van der Waals surface area contributed by atoms with Gasteiger partial charge in [-0.15, -0.1) is 0 Å². The van der Waals surface area contributed by atoms with E-state index in [-0.39, 0.29) is 17.5 Å². The minimum Gasteiger partial charge on any atom is -0.339 e. The predicted octanol–water partition coefficient (Wildman–Crippen LogP) is 3.47. The third-order valence-corrected chi connectivity index (χ3v) is 9.09. The summed E-state index contributed by atoms with van der Waals surface area (Å²) < 4.78 is 43.7. The lowest BCUT2D eigenvalue weighted by molar-refractivity contribution is 0.0962. The molecule has 0 aliphatic carbocycles. The van der Waals surface area contributed by atoms with E-state index in [1.165, 1.54) is 17.7 Å². The van der Waals surface area contributed by atoms with Crippen molar-refractivity contribution in [3.8, 4) is 11.4 Å². The second kappa shape index (κ2) is 7.84. The Morgan fingerprint density at radius 3 is 2.58 bits per heavy atom. The number of halogens is 1. The summed E-state index contributed by atoms with van der Waals surface area (Å²) in [7, 11) is -3.24. The Hall–Kier alpha value is -2.58. The fourth-order valence-electron chi connectivity index (χ4n) is 4.83. The molecule has 1 unspecified atom stereocenters. The van der Waals surface area contributed by atoms with E-state index in [0.717, 1.165) is 19.4 Å². The number of sulfone groups is 1. The minimum atomic E-state index is -3.24. The van der Waals surface area contributed by atoms with Crippen LogP contribution in [0.2, 0.25) is 0 Å². The van der Waals surface area contributed by atoms with Crippen molar-refractivity contribution < 1.29 is 17.3 Å². The molecule has 2 saturated heterocycles. The fraction of sp³-hybridized carbons (Fsp3) is 0.391. The first-order valence-electron chi connectivity index (χ1n) is 10.5. The van der Waals surface area contributed by atoms with Gasteiger partial charge >= 0.3 is 0 Å². The van der Waals surface area contributed by atoms with Crippen LogP contribution in [-0.4, -0.2) is 53.6 Å².